The molecule has 7 rings (SSSR count). The van der Waals surface area contributed by atoms with Gasteiger partial charge in [-0.25, -0.2) is 0 Å². The van der Waals surface area contributed by atoms with Gasteiger partial charge in [0.1, 0.15) is 0 Å². The van der Waals surface area contributed by atoms with Gasteiger partial charge < -0.3 is 24.8 Å². The Kier molecular flexibility index (Phi) is 11.5. The molecule has 2 aliphatic rings. The molecule has 0 N–H and O–H groups in total. The Balaban J connectivity index is 0.00000225. The standard InChI is InChI=1S/C25H17.C12H19.C8H8.2ClH.Zr/c1-3-7-18(8-4-1)20-11-13-24-22(15-20)17-23-16-21(12-14-25(23)24)19-9-5-2-6-10-19;1-5-6-10-7-8-11(9-10)12(2,3)4;1-2-8-6-4-3-5-7-8;;;/h1-17H;8-10H,5-6H2,1-4H3;3-7H,1H3;2*1H;/q;;;;;+2/p-2. The molecule has 0 aliphatic heterocycles. The molecular formula is C45H44Cl2Zr. The van der Waals surface area contributed by atoms with Crippen molar-refractivity contribution in [1.29, 1.82) is 0 Å². The third-order valence-corrected chi connectivity index (χ3v) is 18.4. The van der Waals surface area contributed by atoms with E-state index in [1.807, 2.05) is 0 Å². The van der Waals surface area contributed by atoms with E-state index in [2.05, 4.69) is 174 Å². The number of halogens is 2. The zero-order chi connectivity index (χ0) is 31.8. The van der Waals surface area contributed by atoms with Crippen molar-refractivity contribution in [3.05, 3.63) is 165 Å². The molecule has 48 heavy (non-hydrogen) atoms. The summed E-state index contributed by atoms with van der Waals surface area (Å²) >= 11 is -2.70. The van der Waals surface area contributed by atoms with Crippen LogP contribution in [0.1, 0.15) is 67.8 Å². The molecular weight excluding hydrogens is 703 g/mol. The van der Waals surface area contributed by atoms with Crippen molar-refractivity contribution >= 4 is 3.21 Å². The van der Waals surface area contributed by atoms with Crippen molar-refractivity contribution in [2.24, 2.45) is 11.3 Å². The van der Waals surface area contributed by atoms with E-state index in [-0.39, 0.29) is 30.2 Å². The van der Waals surface area contributed by atoms with Crippen LogP contribution in [0.15, 0.2) is 148 Å². The summed E-state index contributed by atoms with van der Waals surface area (Å²) in [7, 11) is 0. The van der Waals surface area contributed by atoms with Gasteiger partial charge >= 0.3 is 285 Å². The quantitative estimate of drug-likeness (QED) is 0.185. The average molecular weight is 747 g/mol. The summed E-state index contributed by atoms with van der Waals surface area (Å²) in [6.45, 7) is 12.0. The predicted molar refractivity (Wildman–Crippen MR) is 195 cm³/mol. The number of hydrogen-bond donors (Lipinski definition) is 0. The van der Waals surface area contributed by atoms with E-state index < -0.39 is 21.3 Å². The Morgan fingerprint density at radius 3 is 1.56 bits per heavy atom. The first-order valence-corrected chi connectivity index (χ1v) is 20.8. The molecule has 0 fully saturated rings. The summed E-state index contributed by atoms with van der Waals surface area (Å²) in [5.74, 6) is 0.523. The van der Waals surface area contributed by atoms with E-state index in [1.54, 1.807) is 6.49 Å². The van der Waals surface area contributed by atoms with E-state index in [0.717, 1.165) is 0 Å². The number of allylic oxidation sites excluding steroid dienone is 4. The van der Waals surface area contributed by atoms with Gasteiger partial charge in [0.05, 0.1) is 0 Å². The van der Waals surface area contributed by atoms with Gasteiger partial charge in [0.2, 0.25) is 0 Å². The van der Waals surface area contributed by atoms with Gasteiger partial charge in [0, 0.05) is 0 Å². The Labute approximate surface area is 308 Å². The largest absolute Gasteiger partial charge is 1.00 e. The van der Waals surface area contributed by atoms with Crippen LogP contribution in [0.3, 0.4) is 0 Å². The van der Waals surface area contributed by atoms with Gasteiger partial charge in [-0.1, -0.05) is 0 Å². The number of benzene rings is 5. The molecule has 2 aliphatic carbocycles. The van der Waals surface area contributed by atoms with Crippen LogP contribution in [-0.4, -0.2) is 3.21 Å². The van der Waals surface area contributed by atoms with Crippen LogP contribution in [-0.2, 0) is 21.3 Å². The van der Waals surface area contributed by atoms with Crippen LogP contribution >= 0.6 is 0 Å². The summed E-state index contributed by atoms with van der Waals surface area (Å²) in [5, 5.41) is 0. The van der Waals surface area contributed by atoms with Crippen molar-refractivity contribution in [3.63, 3.8) is 0 Å². The Morgan fingerprint density at radius 2 is 1.10 bits per heavy atom. The van der Waals surface area contributed by atoms with E-state index in [9.17, 15) is 0 Å². The third-order valence-electron chi connectivity index (χ3n) is 10.00. The third kappa shape index (κ3) is 6.98. The molecule has 0 amide bonds. The van der Waals surface area contributed by atoms with Crippen molar-refractivity contribution in [1.82, 2.24) is 0 Å². The monoisotopic (exact) mass is 744 g/mol. The predicted octanol–water partition coefficient (Wildman–Crippen LogP) is 6.24. The number of hydrogen-bond acceptors (Lipinski definition) is 0. The smallest absolute Gasteiger partial charge is 1.00 e. The summed E-state index contributed by atoms with van der Waals surface area (Å²) in [6, 6.07) is 47.8. The molecule has 5 aromatic carbocycles. The van der Waals surface area contributed by atoms with Crippen molar-refractivity contribution in [2.75, 3.05) is 0 Å². The molecule has 0 spiro atoms. The minimum Gasteiger partial charge on any atom is -1.00 e. The minimum atomic E-state index is -2.70. The zero-order valence-electron chi connectivity index (χ0n) is 28.6. The van der Waals surface area contributed by atoms with Crippen LogP contribution in [0, 0.1) is 11.3 Å². The molecule has 0 heterocycles. The molecule has 0 saturated carbocycles. The number of rotatable bonds is 7. The van der Waals surface area contributed by atoms with Crippen LogP contribution in [0.25, 0.3) is 33.4 Å². The van der Waals surface area contributed by atoms with E-state index in [4.69, 9.17) is 0 Å². The summed E-state index contributed by atoms with van der Waals surface area (Å²) < 4.78 is 3.82. The molecule has 1 atom stereocenters. The first kappa shape index (κ1) is 36.2. The van der Waals surface area contributed by atoms with Gasteiger partial charge in [-0.3, -0.25) is 0 Å². The zero-order valence-corrected chi connectivity index (χ0v) is 32.6. The second kappa shape index (κ2) is 15.2. The fraction of sp³-hybridized carbons (Fsp3) is 0.222. The van der Waals surface area contributed by atoms with Gasteiger partial charge in [-0.2, -0.15) is 0 Å². The molecule has 0 radical (unpaired) electrons. The molecule has 0 nitrogen and oxygen atoms in total. The first-order chi connectivity index (χ1) is 22.3. The van der Waals surface area contributed by atoms with Crippen LogP contribution < -0.4 is 24.8 Å². The second-order valence-corrected chi connectivity index (χ2v) is 20.8. The molecule has 0 bridgehead atoms. The maximum absolute atomic E-state index is 2.70. The van der Waals surface area contributed by atoms with E-state index in [0.29, 0.717) is 9.54 Å². The first-order valence-electron chi connectivity index (χ1n) is 16.9. The SMILES string of the molecule is CCCC1C=C(C(C)(C)C)C=[C]1/[Zr+2](=[C](/C)c1ccccc1)[CH]1c2cc(-c3ccccc3)ccc2-c2ccc(-c3ccccc3)cc21.[Cl-].[Cl-]. The van der Waals surface area contributed by atoms with Crippen LogP contribution in [0.5, 0.6) is 0 Å². The molecule has 242 valence electrons. The normalized spacial score (nSPS) is 15.4. The van der Waals surface area contributed by atoms with Gasteiger partial charge in [-0.05, 0) is 0 Å². The van der Waals surface area contributed by atoms with Crippen molar-refractivity contribution in [3.8, 4) is 33.4 Å². The molecule has 1 unspecified atom stereocenters. The summed E-state index contributed by atoms with van der Waals surface area (Å²) in [5.41, 5.74) is 14.2. The fourth-order valence-corrected chi connectivity index (χ4v) is 16.7. The van der Waals surface area contributed by atoms with Crippen molar-refractivity contribution < 1.29 is 46.1 Å². The van der Waals surface area contributed by atoms with E-state index >= 15 is 0 Å². The van der Waals surface area contributed by atoms with Crippen LogP contribution in [0.2, 0.25) is 0 Å². The number of fused-ring (bicyclic) bond motifs is 3. The summed E-state index contributed by atoms with van der Waals surface area (Å²) in [4.78, 5) is 0. The average Bonchev–Trinajstić information content (AvgIpc) is 3.65. The van der Waals surface area contributed by atoms with Gasteiger partial charge in [-0.15, -0.1) is 0 Å². The summed E-state index contributed by atoms with van der Waals surface area (Å²) in [6.07, 6.45) is 7.75. The second-order valence-electron chi connectivity index (χ2n) is 14.0. The molecule has 0 saturated heterocycles. The van der Waals surface area contributed by atoms with Gasteiger partial charge in [0.15, 0.2) is 0 Å². The van der Waals surface area contributed by atoms with Gasteiger partial charge in [0.25, 0.3) is 0 Å². The minimum absolute atomic E-state index is 0. The fourth-order valence-electron chi connectivity index (χ4n) is 7.56. The molecule has 3 heteroatoms. The van der Waals surface area contributed by atoms with Crippen LogP contribution in [0.4, 0.5) is 0 Å². The Bertz CT molecular complexity index is 1890. The Morgan fingerprint density at radius 1 is 0.625 bits per heavy atom. The van der Waals surface area contributed by atoms with E-state index in [1.165, 1.54) is 68.5 Å². The topological polar surface area (TPSA) is 0 Å². The molecule has 5 aromatic rings. The Hall–Kier alpha value is -3.09. The maximum atomic E-state index is 2.68. The molecule has 0 aromatic heterocycles. The van der Waals surface area contributed by atoms with Crippen molar-refractivity contribution in [2.45, 2.75) is 51.1 Å². The maximum Gasteiger partial charge on any atom is -1.00 e.